The number of hydrogen-bond donors (Lipinski definition) is 1. The van der Waals surface area contributed by atoms with E-state index in [0.29, 0.717) is 12.8 Å². The molecule has 2 aliphatic rings. The molecule has 0 bridgehead atoms. The van der Waals surface area contributed by atoms with Crippen molar-refractivity contribution in [2.45, 2.75) is 39.0 Å². The minimum absolute atomic E-state index is 0.180. The van der Waals surface area contributed by atoms with E-state index in [1.54, 1.807) is 6.92 Å². The van der Waals surface area contributed by atoms with Crippen LogP contribution in [0.1, 0.15) is 39.0 Å². The number of carbonyl (C=O) groups is 3. The van der Waals surface area contributed by atoms with Crippen LogP contribution in [0.2, 0.25) is 0 Å². The molecule has 1 spiro atoms. The molecular formula is C13H18N2O3. The Balaban J connectivity index is 2.30. The number of nitrogens with one attached hydrogen (secondary N) is 1. The number of imide groups is 2. The number of amides is 4. The highest BCUT2D eigenvalue weighted by molar-refractivity contribution is 6.19. The molecule has 98 valence electrons. The molecule has 0 unspecified atom stereocenters. The quantitative estimate of drug-likeness (QED) is 0.598. The zero-order valence-corrected chi connectivity index (χ0v) is 10.6. The van der Waals surface area contributed by atoms with E-state index in [0.717, 1.165) is 29.7 Å². The Labute approximate surface area is 106 Å². The highest BCUT2D eigenvalue weighted by atomic mass is 16.2. The smallest absolute Gasteiger partial charge is 0.277 e. The van der Waals surface area contributed by atoms with Crippen molar-refractivity contribution in [3.63, 3.8) is 0 Å². The molecule has 1 aliphatic carbocycles. The lowest BCUT2D eigenvalue weighted by Crippen LogP contribution is -2.64. The Hall–Kier alpha value is -1.65. The summed E-state index contributed by atoms with van der Waals surface area (Å²) < 4.78 is 0. The van der Waals surface area contributed by atoms with E-state index in [-0.39, 0.29) is 12.5 Å². The topological polar surface area (TPSA) is 66.5 Å². The van der Waals surface area contributed by atoms with Gasteiger partial charge in [-0.2, -0.15) is 0 Å². The molecule has 4 amide bonds. The van der Waals surface area contributed by atoms with Gasteiger partial charge in [0.2, 0.25) is 11.8 Å². The molecule has 0 aromatic carbocycles. The molecule has 2 rings (SSSR count). The molecule has 0 atom stereocenters. The van der Waals surface area contributed by atoms with Crippen LogP contribution < -0.4 is 5.32 Å². The summed E-state index contributed by atoms with van der Waals surface area (Å²) in [6, 6.07) is -0.621. The minimum atomic E-state index is -1.01. The van der Waals surface area contributed by atoms with Crippen molar-refractivity contribution in [2.75, 3.05) is 6.54 Å². The summed E-state index contributed by atoms with van der Waals surface area (Å²) in [6.45, 7) is 5.65. The molecule has 1 saturated carbocycles. The van der Waals surface area contributed by atoms with Gasteiger partial charge >= 0.3 is 6.03 Å². The molecule has 5 heteroatoms. The van der Waals surface area contributed by atoms with Gasteiger partial charge in [0.05, 0.1) is 6.54 Å². The van der Waals surface area contributed by atoms with Gasteiger partial charge in [-0.1, -0.05) is 31.4 Å². The van der Waals surface area contributed by atoms with Crippen LogP contribution in [-0.2, 0) is 9.59 Å². The van der Waals surface area contributed by atoms with E-state index in [2.05, 4.69) is 11.9 Å². The van der Waals surface area contributed by atoms with Gasteiger partial charge in [0.25, 0.3) is 0 Å². The van der Waals surface area contributed by atoms with E-state index >= 15 is 0 Å². The van der Waals surface area contributed by atoms with Gasteiger partial charge in [-0.05, 0) is 19.8 Å². The number of nitrogens with zero attached hydrogens (tertiary/aromatic N) is 1. The third kappa shape index (κ3) is 1.94. The predicted octanol–water partition coefficient (Wildman–Crippen LogP) is 1.59. The van der Waals surface area contributed by atoms with Gasteiger partial charge in [0, 0.05) is 0 Å². The van der Waals surface area contributed by atoms with Crippen molar-refractivity contribution in [1.82, 2.24) is 10.2 Å². The van der Waals surface area contributed by atoms with Crippen LogP contribution in [0.3, 0.4) is 0 Å². The number of barbiturate groups is 1. The zero-order valence-electron chi connectivity index (χ0n) is 10.6. The molecule has 1 aliphatic heterocycles. The fraction of sp³-hybridized carbons (Fsp3) is 0.615. The number of hydrogen-bond acceptors (Lipinski definition) is 3. The fourth-order valence-corrected chi connectivity index (χ4v) is 2.74. The van der Waals surface area contributed by atoms with E-state index in [1.807, 2.05) is 0 Å². The molecule has 2 fully saturated rings. The highest BCUT2D eigenvalue weighted by Crippen LogP contribution is 2.40. The Bertz CT molecular complexity index is 422. The van der Waals surface area contributed by atoms with Gasteiger partial charge in [-0.3, -0.25) is 19.8 Å². The van der Waals surface area contributed by atoms with Crippen LogP contribution in [0, 0.1) is 5.41 Å². The van der Waals surface area contributed by atoms with Crippen molar-refractivity contribution in [3.05, 3.63) is 12.2 Å². The number of rotatable bonds is 2. The summed E-state index contributed by atoms with van der Waals surface area (Å²) in [5.41, 5.74) is -0.291. The highest BCUT2D eigenvalue weighted by Gasteiger charge is 2.53. The lowest BCUT2D eigenvalue weighted by atomic mass is 9.71. The molecule has 1 heterocycles. The first-order valence-corrected chi connectivity index (χ1v) is 6.29. The van der Waals surface area contributed by atoms with Gasteiger partial charge < -0.3 is 0 Å². The third-order valence-electron chi connectivity index (χ3n) is 3.69. The Morgan fingerprint density at radius 1 is 1.28 bits per heavy atom. The maximum Gasteiger partial charge on any atom is 0.331 e. The van der Waals surface area contributed by atoms with Gasteiger partial charge in [0.1, 0.15) is 5.41 Å². The first kappa shape index (κ1) is 12.8. The second kappa shape index (κ2) is 4.55. The first-order chi connectivity index (χ1) is 8.47. The van der Waals surface area contributed by atoms with E-state index in [9.17, 15) is 14.4 Å². The van der Waals surface area contributed by atoms with Crippen LogP contribution >= 0.6 is 0 Å². The molecule has 1 N–H and O–H groups in total. The SMILES string of the molecule is C=C(C)CN1C(=O)NC(=O)C2(CCCCC2)C1=O. The van der Waals surface area contributed by atoms with Gasteiger partial charge in [-0.25, -0.2) is 4.79 Å². The minimum Gasteiger partial charge on any atom is -0.277 e. The Kier molecular flexibility index (Phi) is 3.24. The summed E-state index contributed by atoms with van der Waals surface area (Å²) >= 11 is 0. The van der Waals surface area contributed by atoms with Crippen LogP contribution in [-0.4, -0.2) is 29.3 Å². The van der Waals surface area contributed by atoms with Crippen molar-refractivity contribution < 1.29 is 14.4 Å². The first-order valence-electron chi connectivity index (χ1n) is 6.29. The average Bonchev–Trinajstić information content (AvgIpc) is 2.34. The molecule has 5 nitrogen and oxygen atoms in total. The van der Waals surface area contributed by atoms with Crippen molar-refractivity contribution in [2.24, 2.45) is 5.41 Å². The molecule has 0 radical (unpaired) electrons. The van der Waals surface area contributed by atoms with Gasteiger partial charge in [0.15, 0.2) is 0 Å². The van der Waals surface area contributed by atoms with Crippen molar-refractivity contribution in [1.29, 1.82) is 0 Å². The van der Waals surface area contributed by atoms with Gasteiger partial charge in [-0.15, -0.1) is 0 Å². The monoisotopic (exact) mass is 250 g/mol. The lowest BCUT2D eigenvalue weighted by molar-refractivity contribution is -0.153. The van der Waals surface area contributed by atoms with E-state index in [4.69, 9.17) is 0 Å². The summed E-state index contributed by atoms with van der Waals surface area (Å²) in [5, 5.41) is 2.31. The Morgan fingerprint density at radius 2 is 1.89 bits per heavy atom. The maximum absolute atomic E-state index is 12.5. The summed E-state index contributed by atoms with van der Waals surface area (Å²) in [7, 11) is 0. The summed E-state index contributed by atoms with van der Waals surface area (Å²) in [5.74, 6) is -0.769. The largest absolute Gasteiger partial charge is 0.331 e. The second-order valence-corrected chi connectivity index (χ2v) is 5.25. The zero-order chi connectivity index (χ0) is 13.3. The predicted molar refractivity (Wildman–Crippen MR) is 65.6 cm³/mol. The van der Waals surface area contributed by atoms with Crippen LogP contribution in [0.5, 0.6) is 0 Å². The van der Waals surface area contributed by atoms with Crippen LogP contribution in [0.4, 0.5) is 4.79 Å². The molecule has 18 heavy (non-hydrogen) atoms. The number of urea groups is 1. The van der Waals surface area contributed by atoms with Crippen molar-refractivity contribution >= 4 is 17.8 Å². The summed E-state index contributed by atoms with van der Waals surface area (Å²) in [4.78, 5) is 37.3. The third-order valence-corrected chi connectivity index (χ3v) is 3.69. The molecule has 0 aromatic heterocycles. The number of carbonyl (C=O) groups excluding carboxylic acids is 3. The Morgan fingerprint density at radius 3 is 2.44 bits per heavy atom. The van der Waals surface area contributed by atoms with Crippen LogP contribution in [0.25, 0.3) is 0 Å². The maximum atomic E-state index is 12.5. The van der Waals surface area contributed by atoms with Crippen molar-refractivity contribution in [3.8, 4) is 0 Å². The fourth-order valence-electron chi connectivity index (χ4n) is 2.74. The molecule has 1 saturated heterocycles. The summed E-state index contributed by atoms with van der Waals surface area (Å²) in [6.07, 6.45) is 3.83. The lowest BCUT2D eigenvalue weighted by Gasteiger charge is -2.41. The molecule has 0 aromatic rings. The van der Waals surface area contributed by atoms with Crippen LogP contribution in [0.15, 0.2) is 12.2 Å². The average molecular weight is 250 g/mol. The normalized spacial score (nSPS) is 23.2. The van der Waals surface area contributed by atoms with E-state index < -0.39 is 17.4 Å². The van der Waals surface area contributed by atoms with E-state index in [1.165, 1.54) is 0 Å². The standard InChI is InChI=1S/C13H18N2O3/c1-9(2)8-15-11(17)13(6-4-3-5-7-13)10(16)14-12(15)18/h1,3-8H2,2H3,(H,14,16,18). The molecular weight excluding hydrogens is 232 g/mol. The second-order valence-electron chi connectivity index (χ2n) is 5.25.